The minimum absolute atomic E-state index is 0.535. The van der Waals surface area contributed by atoms with Gasteiger partial charge in [-0.2, -0.15) is 0 Å². The molecule has 17 heavy (non-hydrogen) atoms. The fourth-order valence-corrected chi connectivity index (χ4v) is 2.70. The molecule has 2 rings (SSSR count). The topological polar surface area (TPSA) is 25.1 Å². The molecule has 2 heteroatoms. The van der Waals surface area contributed by atoms with Gasteiger partial charge in [0.25, 0.3) is 0 Å². The van der Waals surface area contributed by atoms with Crippen molar-refractivity contribution in [3.05, 3.63) is 0 Å². The van der Waals surface area contributed by atoms with Gasteiger partial charge in [-0.1, -0.05) is 52.4 Å². The van der Waals surface area contributed by atoms with Crippen LogP contribution in [0.5, 0.6) is 0 Å². The molecule has 0 aromatic carbocycles. The maximum Gasteiger partial charge on any atom is 0.0867 e. The van der Waals surface area contributed by atoms with E-state index in [2.05, 4.69) is 13.8 Å². The van der Waals surface area contributed by atoms with Gasteiger partial charge in [0.1, 0.15) is 0 Å². The molecule has 0 saturated carbocycles. The van der Waals surface area contributed by atoms with E-state index in [0.29, 0.717) is 24.4 Å². The molecule has 2 nitrogen and oxygen atoms in total. The lowest BCUT2D eigenvalue weighted by atomic mass is 10.1. The Kier molecular flexibility index (Phi) is 5.30. The maximum atomic E-state index is 5.71. The first-order valence-corrected chi connectivity index (χ1v) is 7.66. The third-order valence-electron chi connectivity index (χ3n) is 4.02. The molecule has 2 aliphatic heterocycles. The number of unbranched alkanes of at least 4 members (excludes halogenated alkanes) is 4. The number of hydrogen-bond donors (Lipinski definition) is 0. The molecule has 0 aliphatic carbocycles. The predicted octanol–water partition coefficient (Wildman–Crippen LogP) is 4.07. The summed E-state index contributed by atoms with van der Waals surface area (Å²) in [7, 11) is 0. The highest BCUT2D eigenvalue weighted by Gasteiger charge is 2.47. The molecule has 0 bridgehead atoms. The Morgan fingerprint density at radius 2 is 1.12 bits per heavy atom. The lowest BCUT2D eigenvalue weighted by Crippen LogP contribution is -2.02. The number of rotatable bonds is 10. The van der Waals surface area contributed by atoms with Gasteiger partial charge in [0.15, 0.2) is 0 Å². The minimum atomic E-state index is 0.535. The molecule has 2 heterocycles. The van der Waals surface area contributed by atoms with Crippen LogP contribution >= 0.6 is 0 Å². The average molecular weight is 240 g/mol. The Hall–Kier alpha value is -0.0800. The van der Waals surface area contributed by atoms with Gasteiger partial charge in [-0.15, -0.1) is 0 Å². The van der Waals surface area contributed by atoms with Crippen molar-refractivity contribution in [2.75, 3.05) is 0 Å². The van der Waals surface area contributed by atoms with E-state index >= 15 is 0 Å². The normalized spacial score (nSPS) is 34.9. The summed E-state index contributed by atoms with van der Waals surface area (Å²) in [5, 5.41) is 0. The van der Waals surface area contributed by atoms with Crippen LogP contribution in [0.25, 0.3) is 0 Å². The molecule has 4 atom stereocenters. The Morgan fingerprint density at radius 3 is 1.53 bits per heavy atom. The minimum Gasteiger partial charge on any atom is -0.369 e. The van der Waals surface area contributed by atoms with E-state index in [1.165, 1.54) is 51.4 Å². The first kappa shape index (κ1) is 13.4. The molecule has 0 N–H and O–H groups in total. The quantitative estimate of drug-likeness (QED) is 0.425. The van der Waals surface area contributed by atoms with Crippen LogP contribution in [0.4, 0.5) is 0 Å². The van der Waals surface area contributed by atoms with Crippen LogP contribution in [0.1, 0.15) is 71.6 Å². The maximum absolute atomic E-state index is 5.71. The Bertz CT molecular complexity index is 195. The van der Waals surface area contributed by atoms with E-state index in [-0.39, 0.29) is 0 Å². The van der Waals surface area contributed by atoms with E-state index < -0.39 is 0 Å². The number of ether oxygens (including phenoxy) is 2. The van der Waals surface area contributed by atoms with Gasteiger partial charge in [0, 0.05) is 6.42 Å². The summed E-state index contributed by atoms with van der Waals surface area (Å²) in [6.45, 7) is 4.51. The van der Waals surface area contributed by atoms with Crippen LogP contribution in [0.15, 0.2) is 0 Å². The van der Waals surface area contributed by atoms with Crippen molar-refractivity contribution in [2.45, 2.75) is 96.1 Å². The van der Waals surface area contributed by atoms with Crippen molar-refractivity contribution in [1.82, 2.24) is 0 Å². The molecule has 2 saturated heterocycles. The fourth-order valence-electron chi connectivity index (χ4n) is 2.70. The second-order valence-electron chi connectivity index (χ2n) is 5.65. The third kappa shape index (κ3) is 4.59. The standard InChI is InChI=1S/C15H28O2/c1-3-5-7-9-12-14(16-12)11-15-13(17-15)10-8-6-4-2/h12-15H,3-11H2,1-2H3/t12-,13-,14+,15+/m1/s1. The van der Waals surface area contributed by atoms with Crippen molar-refractivity contribution < 1.29 is 9.47 Å². The van der Waals surface area contributed by atoms with E-state index in [9.17, 15) is 0 Å². The first-order chi connectivity index (χ1) is 8.35. The van der Waals surface area contributed by atoms with Gasteiger partial charge in [0.2, 0.25) is 0 Å². The molecule has 0 aromatic heterocycles. The molecular formula is C15H28O2. The van der Waals surface area contributed by atoms with Crippen molar-refractivity contribution in [3.63, 3.8) is 0 Å². The Morgan fingerprint density at radius 1 is 0.647 bits per heavy atom. The van der Waals surface area contributed by atoms with Crippen molar-refractivity contribution in [1.29, 1.82) is 0 Å². The van der Waals surface area contributed by atoms with Gasteiger partial charge in [0.05, 0.1) is 24.4 Å². The number of hydrogen-bond acceptors (Lipinski definition) is 2. The molecular weight excluding hydrogens is 212 g/mol. The van der Waals surface area contributed by atoms with Crippen LogP contribution in [-0.4, -0.2) is 24.4 Å². The third-order valence-corrected chi connectivity index (χ3v) is 4.02. The van der Waals surface area contributed by atoms with E-state index in [1.807, 2.05) is 0 Å². The highest BCUT2D eigenvalue weighted by molar-refractivity contribution is 4.94. The molecule has 0 aromatic rings. The predicted molar refractivity (Wildman–Crippen MR) is 70.2 cm³/mol. The van der Waals surface area contributed by atoms with Crippen LogP contribution < -0.4 is 0 Å². The van der Waals surface area contributed by atoms with Gasteiger partial charge < -0.3 is 9.47 Å². The SMILES string of the molecule is CCCCC[C@H]1O[C@H]1C[C@@H]1O[C@@H]1CCCCC. The summed E-state index contributed by atoms with van der Waals surface area (Å²) < 4.78 is 11.4. The summed E-state index contributed by atoms with van der Waals surface area (Å²) in [4.78, 5) is 0. The van der Waals surface area contributed by atoms with Crippen LogP contribution in [0.2, 0.25) is 0 Å². The summed E-state index contributed by atoms with van der Waals surface area (Å²) in [6, 6.07) is 0. The fraction of sp³-hybridized carbons (Fsp3) is 1.00. The summed E-state index contributed by atoms with van der Waals surface area (Å²) in [5.74, 6) is 0. The zero-order valence-electron chi connectivity index (χ0n) is 11.5. The lowest BCUT2D eigenvalue weighted by Gasteiger charge is -1.95. The van der Waals surface area contributed by atoms with Gasteiger partial charge in [-0.25, -0.2) is 0 Å². The molecule has 2 fully saturated rings. The molecule has 0 radical (unpaired) electrons. The second kappa shape index (κ2) is 6.75. The van der Waals surface area contributed by atoms with Crippen molar-refractivity contribution in [2.24, 2.45) is 0 Å². The van der Waals surface area contributed by atoms with Gasteiger partial charge >= 0.3 is 0 Å². The molecule has 0 spiro atoms. The Balaban J connectivity index is 1.45. The van der Waals surface area contributed by atoms with Crippen LogP contribution in [0, 0.1) is 0 Å². The second-order valence-corrected chi connectivity index (χ2v) is 5.65. The molecule has 0 unspecified atom stereocenters. The van der Waals surface area contributed by atoms with Crippen molar-refractivity contribution in [3.8, 4) is 0 Å². The smallest absolute Gasteiger partial charge is 0.0867 e. The zero-order valence-corrected chi connectivity index (χ0v) is 11.5. The van der Waals surface area contributed by atoms with Gasteiger partial charge in [-0.3, -0.25) is 0 Å². The molecule has 2 aliphatic rings. The van der Waals surface area contributed by atoms with E-state index in [4.69, 9.17) is 9.47 Å². The Labute approximate surface area is 106 Å². The lowest BCUT2D eigenvalue weighted by molar-refractivity contribution is 0.318. The average Bonchev–Trinajstić information content (AvgIpc) is 3.21. The van der Waals surface area contributed by atoms with E-state index in [1.54, 1.807) is 0 Å². The molecule has 0 amide bonds. The summed E-state index contributed by atoms with van der Waals surface area (Å²) >= 11 is 0. The van der Waals surface area contributed by atoms with Crippen LogP contribution in [0.3, 0.4) is 0 Å². The zero-order chi connectivity index (χ0) is 12.1. The van der Waals surface area contributed by atoms with Crippen molar-refractivity contribution >= 4 is 0 Å². The summed E-state index contributed by atoms with van der Waals surface area (Å²) in [5.41, 5.74) is 0. The van der Waals surface area contributed by atoms with E-state index in [0.717, 1.165) is 6.42 Å². The largest absolute Gasteiger partial charge is 0.369 e. The van der Waals surface area contributed by atoms with Gasteiger partial charge in [-0.05, 0) is 12.8 Å². The monoisotopic (exact) mass is 240 g/mol. The number of epoxide rings is 2. The van der Waals surface area contributed by atoms with Crippen LogP contribution in [-0.2, 0) is 9.47 Å². The summed E-state index contributed by atoms with van der Waals surface area (Å²) in [6.07, 6.45) is 13.9. The highest BCUT2D eigenvalue weighted by Crippen LogP contribution is 2.38. The first-order valence-electron chi connectivity index (χ1n) is 7.66. The molecule has 100 valence electrons. The highest BCUT2D eigenvalue weighted by atomic mass is 16.6.